The second kappa shape index (κ2) is 6.69. The summed E-state index contributed by atoms with van der Waals surface area (Å²) in [5.74, 6) is 1.14. The van der Waals surface area contributed by atoms with Crippen LogP contribution >= 0.6 is 0 Å². The number of carbonyl (C=O) groups is 1. The first-order chi connectivity index (χ1) is 10.6. The topological polar surface area (TPSA) is 41.6 Å². The maximum absolute atomic E-state index is 12.6. The summed E-state index contributed by atoms with van der Waals surface area (Å²) >= 11 is 0. The van der Waals surface area contributed by atoms with E-state index in [1.807, 2.05) is 19.1 Å². The molecule has 120 valence electrons. The molecule has 2 bridgehead atoms. The van der Waals surface area contributed by atoms with E-state index in [-0.39, 0.29) is 5.91 Å². The molecule has 0 radical (unpaired) electrons. The van der Waals surface area contributed by atoms with Gasteiger partial charge >= 0.3 is 0 Å². The number of nitrogens with zero attached hydrogens (tertiary/aromatic N) is 1. The number of aryl methyl sites for hydroxylation is 2. The lowest BCUT2D eigenvalue weighted by molar-refractivity contribution is -0.134. The molecule has 0 saturated carbocycles. The fourth-order valence-electron chi connectivity index (χ4n) is 3.73. The van der Waals surface area contributed by atoms with Crippen LogP contribution in [-0.4, -0.2) is 42.6 Å². The van der Waals surface area contributed by atoms with Gasteiger partial charge in [0.1, 0.15) is 5.75 Å². The Morgan fingerprint density at radius 1 is 1.27 bits per heavy atom. The Labute approximate surface area is 132 Å². The van der Waals surface area contributed by atoms with Gasteiger partial charge < -0.3 is 15.0 Å². The first-order valence-electron chi connectivity index (χ1n) is 8.37. The average molecular weight is 302 g/mol. The second-order valence-corrected chi connectivity index (χ2v) is 6.55. The van der Waals surface area contributed by atoms with Gasteiger partial charge in [-0.3, -0.25) is 4.79 Å². The van der Waals surface area contributed by atoms with E-state index < -0.39 is 0 Å². The standard InChI is InChI=1S/C18H26N2O2/c1-13-3-6-17(14(2)11-13)22-10-8-18(21)20-15-4-5-16(20)12-19-9-7-15/h3,6,11,15-16,19H,4-5,7-10,12H2,1-2H3. The van der Waals surface area contributed by atoms with Gasteiger partial charge in [-0.05, 0) is 51.3 Å². The molecule has 2 atom stereocenters. The summed E-state index contributed by atoms with van der Waals surface area (Å²) in [7, 11) is 0. The van der Waals surface area contributed by atoms with Gasteiger partial charge in [0.2, 0.25) is 5.91 Å². The van der Waals surface area contributed by atoms with Gasteiger partial charge in [0, 0.05) is 18.6 Å². The molecule has 2 fully saturated rings. The van der Waals surface area contributed by atoms with Gasteiger partial charge in [-0.15, -0.1) is 0 Å². The van der Waals surface area contributed by atoms with Gasteiger partial charge in [-0.2, -0.15) is 0 Å². The molecule has 0 aromatic heterocycles. The highest BCUT2D eigenvalue weighted by molar-refractivity contribution is 5.77. The predicted octanol–water partition coefficient (Wildman–Crippen LogP) is 2.43. The van der Waals surface area contributed by atoms with E-state index in [1.165, 1.54) is 5.56 Å². The smallest absolute Gasteiger partial charge is 0.226 e. The lowest BCUT2D eigenvalue weighted by Gasteiger charge is -2.28. The lowest BCUT2D eigenvalue weighted by atomic mass is 10.1. The molecular weight excluding hydrogens is 276 g/mol. The summed E-state index contributed by atoms with van der Waals surface area (Å²) in [5, 5.41) is 3.43. The number of benzene rings is 1. The Morgan fingerprint density at radius 3 is 2.91 bits per heavy atom. The molecule has 0 spiro atoms. The van der Waals surface area contributed by atoms with Crippen molar-refractivity contribution in [1.29, 1.82) is 0 Å². The van der Waals surface area contributed by atoms with Crippen LogP contribution in [0.4, 0.5) is 0 Å². The van der Waals surface area contributed by atoms with Crippen LogP contribution in [0.1, 0.15) is 36.8 Å². The van der Waals surface area contributed by atoms with Crippen molar-refractivity contribution in [3.8, 4) is 5.75 Å². The molecule has 2 unspecified atom stereocenters. The predicted molar refractivity (Wildman–Crippen MR) is 87.2 cm³/mol. The molecular formula is C18H26N2O2. The minimum atomic E-state index is 0.251. The van der Waals surface area contributed by atoms with Crippen LogP contribution in [0, 0.1) is 13.8 Å². The number of rotatable bonds is 4. The molecule has 22 heavy (non-hydrogen) atoms. The average Bonchev–Trinajstić information content (AvgIpc) is 2.74. The minimum absolute atomic E-state index is 0.251. The summed E-state index contributed by atoms with van der Waals surface area (Å²) < 4.78 is 5.81. The number of ether oxygens (including phenoxy) is 1. The van der Waals surface area contributed by atoms with Crippen LogP contribution in [0.15, 0.2) is 18.2 Å². The molecule has 1 N–H and O–H groups in total. The quantitative estimate of drug-likeness (QED) is 0.929. The molecule has 1 aromatic rings. The van der Waals surface area contributed by atoms with Crippen molar-refractivity contribution in [2.24, 2.45) is 0 Å². The van der Waals surface area contributed by atoms with E-state index >= 15 is 0 Å². The Bertz CT molecular complexity index is 530. The van der Waals surface area contributed by atoms with Gasteiger partial charge in [0.25, 0.3) is 0 Å². The van der Waals surface area contributed by atoms with Crippen molar-refractivity contribution in [2.75, 3.05) is 19.7 Å². The Hall–Kier alpha value is -1.55. The molecule has 3 rings (SSSR count). The van der Waals surface area contributed by atoms with Crippen molar-refractivity contribution in [3.63, 3.8) is 0 Å². The van der Waals surface area contributed by atoms with E-state index in [1.54, 1.807) is 0 Å². The molecule has 1 amide bonds. The third-order valence-corrected chi connectivity index (χ3v) is 4.85. The fourth-order valence-corrected chi connectivity index (χ4v) is 3.73. The number of hydrogen-bond acceptors (Lipinski definition) is 3. The molecule has 2 aliphatic heterocycles. The van der Waals surface area contributed by atoms with Crippen molar-refractivity contribution in [1.82, 2.24) is 10.2 Å². The Kier molecular flexibility index (Phi) is 4.67. The summed E-state index contributed by atoms with van der Waals surface area (Å²) in [6.45, 7) is 6.56. The normalized spacial score (nSPS) is 24.2. The van der Waals surface area contributed by atoms with Gasteiger partial charge in [-0.1, -0.05) is 17.7 Å². The zero-order valence-electron chi connectivity index (χ0n) is 13.6. The van der Waals surface area contributed by atoms with Crippen LogP contribution < -0.4 is 10.1 Å². The number of nitrogens with one attached hydrogen (secondary N) is 1. The monoisotopic (exact) mass is 302 g/mol. The minimum Gasteiger partial charge on any atom is -0.493 e. The lowest BCUT2D eigenvalue weighted by Crippen LogP contribution is -2.42. The highest BCUT2D eigenvalue weighted by Gasteiger charge is 2.37. The molecule has 1 aromatic carbocycles. The zero-order valence-corrected chi connectivity index (χ0v) is 13.6. The van der Waals surface area contributed by atoms with Crippen LogP contribution in [0.25, 0.3) is 0 Å². The summed E-state index contributed by atoms with van der Waals surface area (Å²) in [4.78, 5) is 14.7. The van der Waals surface area contributed by atoms with Crippen molar-refractivity contribution < 1.29 is 9.53 Å². The van der Waals surface area contributed by atoms with E-state index in [2.05, 4.69) is 23.2 Å². The second-order valence-electron chi connectivity index (χ2n) is 6.55. The van der Waals surface area contributed by atoms with Crippen LogP contribution in [0.5, 0.6) is 5.75 Å². The zero-order chi connectivity index (χ0) is 15.5. The molecule has 2 heterocycles. The van der Waals surface area contributed by atoms with E-state index in [4.69, 9.17) is 4.74 Å². The maximum atomic E-state index is 12.6. The Balaban J connectivity index is 1.54. The first kappa shape index (κ1) is 15.3. The number of carbonyl (C=O) groups excluding carboxylic acids is 1. The van der Waals surface area contributed by atoms with Crippen LogP contribution in [0.2, 0.25) is 0 Å². The summed E-state index contributed by atoms with van der Waals surface area (Å²) in [6, 6.07) is 6.98. The summed E-state index contributed by atoms with van der Waals surface area (Å²) in [6.07, 6.45) is 3.86. The highest BCUT2D eigenvalue weighted by Crippen LogP contribution is 2.28. The fraction of sp³-hybridized carbons (Fsp3) is 0.611. The first-order valence-corrected chi connectivity index (χ1v) is 8.37. The molecule has 4 nitrogen and oxygen atoms in total. The third kappa shape index (κ3) is 3.27. The van der Waals surface area contributed by atoms with Crippen molar-refractivity contribution in [2.45, 2.75) is 51.6 Å². The van der Waals surface area contributed by atoms with Gasteiger partial charge in [0.05, 0.1) is 13.0 Å². The van der Waals surface area contributed by atoms with Crippen molar-refractivity contribution in [3.05, 3.63) is 29.3 Å². The van der Waals surface area contributed by atoms with E-state index in [0.29, 0.717) is 25.1 Å². The van der Waals surface area contributed by atoms with Crippen LogP contribution in [0.3, 0.4) is 0 Å². The SMILES string of the molecule is Cc1ccc(OCCC(=O)N2C3CCNCC2CC3)c(C)c1. The maximum Gasteiger partial charge on any atom is 0.226 e. The number of fused-ring (bicyclic) bond motifs is 2. The van der Waals surface area contributed by atoms with E-state index in [0.717, 1.165) is 43.7 Å². The number of hydrogen-bond donors (Lipinski definition) is 1. The molecule has 4 heteroatoms. The highest BCUT2D eigenvalue weighted by atomic mass is 16.5. The van der Waals surface area contributed by atoms with E-state index in [9.17, 15) is 4.79 Å². The van der Waals surface area contributed by atoms with Crippen molar-refractivity contribution >= 4 is 5.91 Å². The Morgan fingerprint density at radius 2 is 2.09 bits per heavy atom. The van der Waals surface area contributed by atoms with Crippen LogP contribution in [-0.2, 0) is 4.79 Å². The molecule has 0 aliphatic carbocycles. The largest absolute Gasteiger partial charge is 0.493 e. The third-order valence-electron chi connectivity index (χ3n) is 4.85. The van der Waals surface area contributed by atoms with Gasteiger partial charge in [0.15, 0.2) is 0 Å². The molecule has 2 aliphatic rings. The molecule has 2 saturated heterocycles. The summed E-state index contributed by atoms with van der Waals surface area (Å²) in [5.41, 5.74) is 2.36. The number of amides is 1. The van der Waals surface area contributed by atoms with Gasteiger partial charge in [-0.25, -0.2) is 0 Å².